The van der Waals surface area contributed by atoms with Gasteiger partial charge in [0, 0.05) is 36.7 Å². The lowest BCUT2D eigenvalue weighted by molar-refractivity contribution is -0.121. The van der Waals surface area contributed by atoms with Crippen molar-refractivity contribution in [2.75, 3.05) is 26.8 Å². The van der Waals surface area contributed by atoms with Crippen LogP contribution in [0.15, 0.2) is 28.7 Å². The van der Waals surface area contributed by atoms with E-state index in [0.717, 1.165) is 4.47 Å². The van der Waals surface area contributed by atoms with Crippen LogP contribution >= 0.6 is 15.9 Å². The Balaban J connectivity index is 2.23. The predicted molar refractivity (Wildman–Crippen MR) is 76.0 cm³/mol. The lowest BCUT2D eigenvalue weighted by Crippen LogP contribution is -2.32. The van der Waals surface area contributed by atoms with Gasteiger partial charge in [-0.25, -0.2) is 0 Å². The quantitative estimate of drug-likeness (QED) is 0.742. The van der Waals surface area contributed by atoms with Gasteiger partial charge in [0.1, 0.15) is 0 Å². The summed E-state index contributed by atoms with van der Waals surface area (Å²) in [5.74, 6) is -0.287. The molecule has 1 aromatic carbocycles. The van der Waals surface area contributed by atoms with E-state index in [4.69, 9.17) is 4.74 Å². The van der Waals surface area contributed by atoms with Crippen molar-refractivity contribution in [1.82, 2.24) is 10.6 Å². The van der Waals surface area contributed by atoms with Crippen LogP contribution in [0.5, 0.6) is 0 Å². The van der Waals surface area contributed by atoms with E-state index in [1.807, 2.05) is 0 Å². The number of rotatable bonds is 7. The summed E-state index contributed by atoms with van der Waals surface area (Å²) in [5, 5.41) is 5.38. The summed E-state index contributed by atoms with van der Waals surface area (Å²) in [6, 6.07) is 7.04. The lowest BCUT2D eigenvalue weighted by atomic mass is 10.2. The van der Waals surface area contributed by atoms with Crippen LogP contribution in [0, 0.1) is 0 Å². The molecule has 0 aliphatic heterocycles. The maximum Gasteiger partial charge on any atom is 0.251 e. The van der Waals surface area contributed by atoms with Gasteiger partial charge in [-0.3, -0.25) is 9.59 Å². The standard InChI is InChI=1S/C13H17BrN2O3/c1-19-9-8-15-12(17)6-7-16-13(18)10-2-4-11(14)5-3-10/h2-5H,6-9H2,1H3,(H,15,17)(H,16,18). The molecule has 0 heterocycles. The van der Waals surface area contributed by atoms with E-state index in [9.17, 15) is 9.59 Å². The first kappa shape index (κ1) is 15.7. The minimum absolute atomic E-state index is 0.104. The minimum atomic E-state index is -0.183. The van der Waals surface area contributed by atoms with Crippen LogP contribution in [-0.2, 0) is 9.53 Å². The zero-order valence-corrected chi connectivity index (χ0v) is 12.3. The minimum Gasteiger partial charge on any atom is -0.383 e. The second-order valence-corrected chi connectivity index (χ2v) is 4.77. The molecule has 104 valence electrons. The molecule has 6 heteroatoms. The first-order chi connectivity index (χ1) is 9.13. The highest BCUT2D eigenvalue weighted by Crippen LogP contribution is 2.10. The number of ether oxygens (including phenoxy) is 1. The summed E-state index contributed by atoms with van der Waals surface area (Å²) < 4.78 is 5.73. The molecule has 0 spiro atoms. The van der Waals surface area contributed by atoms with Crippen LogP contribution in [0.1, 0.15) is 16.8 Å². The molecule has 0 saturated carbocycles. The maximum atomic E-state index is 11.7. The zero-order chi connectivity index (χ0) is 14.1. The monoisotopic (exact) mass is 328 g/mol. The lowest BCUT2D eigenvalue weighted by Gasteiger charge is -2.06. The molecule has 2 N–H and O–H groups in total. The van der Waals surface area contributed by atoms with E-state index in [-0.39, 0.29) is 18.2 Å². The van der Waals surface area contributed by atoms with Crippen molar-refractivity contribution in [3.63, 3.8) is 0 Å². The first-order valence-electron chi connectivity index (χ1n) is 5.93. The Morgan fingerprint density at radius 3 is 2.47 bits per heavy atom. The van der Waals surface area contributed by atoms with E-state index < -0.39 is 0 Å². The van der Waals surface area contributed by atoms with Gasteiger partial charge < -0.3 is 15.4 Å². The summed E-state index contributed by atoms with van der Waals surface area (Å²) in [5.41, 5.74) is 0.572. The van der Waals surface area contributed by atoms with Crippen LogP contribution in [0.4, 0.5) is 0 Å². The molecule has 19 heavy (non-hydrogen) atoms. The summed E-state index contributed by atoms with van der Waals surface area (Å²) >= 11 is 3.30. The Labute approximate surface area is 120 Å². The molecule has 0 aromatic heterocycles. The van der Waals surface area contributed by atoms with E-state index in [1.165, 1.54) is 0 Å². The normalized spacial score (nSPS) is 10.0. The molecule has 0 unspecified atom stereocenters. The molecule has 0 aliphatic rings. The molecule has 0 atom stereocenters. The van der Waals surface area contributed by atoms with Crippen LogP contribution < -0.4 is 10.6 Å². The number of nitrogens with one attached hydrogen (secondary N) is 2. The van der Waals surface area contributed by atoms with Gasteiger partial charge in [0.15, 0.2) is 0 Å². The van der Waals surface area contributed by atoms with Crippen molar-refractivity contribution in [2.24, 2.45) is 0 Å². The van der Waals surface area contributed by atoms with E-state index in [2.05, 4.69) is 26.6 Å². The summed E-state index contributed by atoms with van der Waals surface area (Å²) in [7, 11) is 1.57. The molecule has 1 rings (SSSR count). The molecule has 5 nitrogen and oxygen atoms in total. The number of carbonyl (C=O) groups excluding carboxylic acids is 2. The molecule has 1 aromatic rings. The van der Waals surface area contributed by atoms with Crippen molar-refractivity contribution in [2.45, 2.75) is 6.42 Å². The van der Waals surface area contributed by atoms with E-state index >= 15 is 0 Å². The van der Waals surface area contributed by atoms with Gasteiger partial charge in [0.05, 0.1) is 6.61 Å². The van der Waals surface area contributed by atoms with Gasteiger partial charge >= 0.3 is 0 Å². The Bertz CT molecular complexity index is 420. The molecule has 0 bridgehead atoms. The number of amides is 2. The fraction of sp³-hybridized carbons (Fsp3) is 0.385. The summed E-state index contributed by atoms with van der Waals surface area (Å²) in [6.45, 7) is 1.28. The Hall–Kier alpha value is -1.40. The zero-order valence-electron chi connectivity index (χ0n) is 10.7. The number of hydrogen-bond donors (Lipinski definition) is 2. The SMILES string of the molecule is COCCNC(=O)CCNC(=O)c1ccc(Br)cc1. The van der Waals surface area contributed by atoms with Crippen LogP contribution in [-0.4, -0.2) is 38.6 Å². The molecular formula is C13H17BrN2O3. The van der Waals surface area contributed by atoms with Crippen molar-refractivity contribution in [3.8, 4) is 0 Å². The average molecular weight is 329 g/mol. The molecular weight excluding hydrogens is 312 g/mol. The van der Waals surface area contributed by atoms with E-state index in [1.54, 1.807) is 31.4 Å². The summed E-state index contributed by atoms with van der Waals surface area (Å²) in [4.78, 5) is 23.1. The molecule has 0 saturated heterocycles. The second-order valence-electron chi connectivity index (χ2n) is 3.86. The van der Waals surface area contributed by atoms with Crippen molar-refractivity contribution in [3.05, 3.63) is 34.3 Å². The van der Waals surface area contributed by atoms with Gasteiger partial charge in [-0.15, -0.1) is 0 Å². The first-order valence-corrected chi connectivity index (χ1v) is 6.72. The number of benzene rings is 1. The van der Waals surface area contributed by atoms with E-state index in [0.29, 0.717) is 25.3 Å². The van der Waals surface area contributed by atoms with Crippen molar-refractivity contribution < 1.29 is 14.3 Å². The largest absolute Gasteiger partial charge is 0.383 e. The fourth-order valence-corrected chi connectivity index (χ4v) is 1.64. The van der Waals surface area contributed by atoms with Crippen LogP contribution in [0.2, 0.25) is 0 Å². The molecule has 0 aliphatic carbocycles. The number of hydrogen-bond acceptors (Lipinski definition) is 3. The maximum absolute atomic E-state index is 11.7. The van der Waals surface area contributed by atoms with Gasteiger partial charge in [-0.2, -0.15) is 0 Å². The highest BCUT2D eigenvalue weighted by atomic mass is 79.9. The number of carbonyl (C=O) groups is 2. The number of methoxy groups -OCH3 is 1. The highest BCUT2D eigenvalue weighted by Gasteiger charge is 2.06. The molecule has 0 fully saturated rings. The Kier molecular flexibility index (Phi) is 7.14. The summed E-state index contributed by atoms with van der Waals surface area (Å²) in [6.07, 6.45) is 0.256. The molecule has 0 radical (unpaired) electrons. The Morgan fingerprint density at radius 1 is 1.16 bits per heavy atom. The predicted octanol–water partition coefficient (Wildman–Crippen LogP) is 1.33. The van der Waals surface area contributed by atoms with Gasteiger partial charge in [-0.1, -0.05) is 15.9 Å². The van der Waals surface area contributed by atoms with Crippen LogP contribution in [0.3, 0.4) is 0 Å². The van der Waals surface area contributed by atoms with Crippen molar-refractivity contribution in [1.29, 1.82) is 0 Å². The second kappa shape index (κ2) is 8.66. The van der Waals surface area contributed by atoms with Crippen molar-refractivity contribution >= 4 is 27.7 Å². The van der Waals surface area contributed by atoms with Crippen LogP contribution in [0.25, 0.3) is 0 Å². The van der Waals surface area contributed by atoms with Gasteiger partial charge in [-0.05, 0) is 24.3 Å². The highest BCUT2D eigenvalue weighted by molar-refractivity contribution is 9.10. The van der Waals surface area contributed by atoms with Gasteiger partial charge in [0.2, 0.25) is 5.91 Å². The Morgan fingerprint density at radius 2 is 1.84 bits per heavy atom. The van der Waals surface area contributed by atoms with Gasteiger partial charge in [0.25, 0.3) is 5.91 Å². The topological polar surface area (TPSA) is 67.4 Å². The third kappa shape index (κ3) is 6.35. The fourth-order valence-electron chi connectivity index (χ4n) is 1.37. The average Bonchev–Trinajstić information content (AvgIpc) is 2.39. The molecule has 2 amide bonds. The third-order valence-corrected chi connectivity index (χ3v) is 2.90. The third-order valence-electron chi connectivity index (χ3n) is 2.37. The number of halogens is 1. The smallest absolute Gasteiger partial charge is 0.251 e.